The van der Waals surface area contributed by atoms with E-state index < -0.39 is 11.5 Å². The van der Waals surface area contributed by atoms with Crippen molar-refractivity contribution in [1.82, 2.24) is 4.90 Å². The molecule has 70 valence electrons. The van der Waals surface area contributed by atoms with Gasteiger partial charge in [-0.1, -0.05) is 0 Å². The molecule has 0 amide bonds. The predicted molar refractivity (Wildman–Crippen MR) is 45.9 cm³/mol. The third-order valence-corrected chi connectivity index (χ3v) is 2.30. The normalized spacial score (nSPS) is 31.8. The minimum Gasteiger partial charge on any atom is -0.481 e. The molecule has 1 aliphatic heterocycles. The van der Waals surface area contributed by atoms with Crippen molar-refractivity contribution in [3.63, 3.8) is 0 Å². The molecule has 12 heavy (non-hydrogen) atoms. The van der Waals surface area contributed by atoms with Gasteiger partial charge in [-0.3, -0.25) is 4.79 Å². The number of carboxylic acids is 1. The molecule has 4 heteroatoms. The highest BCUT2D eigenvalue weighted by Gasteiger charge is 2.32. The molecule has 0 radical (unpaired) electrons. The summed E-state index contributed by atoms with van der Waals surface area (Å²) in [4.78, 5) is 12.6. The molecule has 3 N–H and O–H groups in total. The summed E-state index contributed by atoms with van der Waals surface area (Å²) in [5.74, 6) is -0.798. The quantitative estimate of drug-likeness (QED) is 0.609. The highest BCUT2D eigenvalue weighted by molar-refractivity contribution is 5.68. The first-order chi connectivity index (χ1) is 5.52. The first-order valence-corrected chi connectivity index (χ1v) is 4.21. The monoisotopic (exact) mass is 172 g/mol. The van der Waals surface area contributed by atoms with E-state index >= 15 is 0 Å². The molecule has 0 unspecified atom stereocenters. The Morgan fingerprint density at radius 1 is 1.75 bits per heavy atom. The van der Waals surface area contributed by atoms with Gasteiger partial charge < -0.3 is 15.7 Å². The molecule has 0 aromatic carbocycles. The summed E-state index contributed by atoms with van der Waals surface area (Å²) in [5, 5.41) is 8.62. The van der Waals surface area contributed by atoms with Crippen molar-refractivity contribution in [3.8, 4) is 0 Å². The molecule has 1 atom stereocenters. The molecular weight excluding hydrogens is 156 g/mol. The second-order valence-corrected chi connectivity index (χ2v) is 3.77. The number of rotatable bonds is 2. The van der Waals surface area contributed by atoms with Crippen molar-refractivity contribution in [2.45, 2.75) is 24.8 Å². The van der Waals surface area contributed by atoms with E-state index in [9.17, 15) is 4.79 Å². The Balaban J connectivity index is 2.51. The van der Waals surface area contributed by atoms with Crippen LogP contribution >= 0.6 is 0 Å². The zero-order chi connectivity index (χ0) is 9.19. The number of nitrogens with zero attached hydrogens (tertiary/aromatic N) is 1. The van der Waals surface area contributed by atoms with E-state index in [0.29, 0.717) is 6.54 Å². The highest BCUT2D eigenvalue weighted by Crippen LogP contribution is 2.20. The van der Waals surface area contributed by atoms with Crippen molar-refractivity contribution in [1.29, 1.82) is 0 Å². The maximum atomic E-state index is 10.5. The van der Waals surface area contributed by atoms with E-state index in [1.807, 2.05) is 7.05 Å². The fourth-order valence-electron chi connectivity index (χ4n) is 1.84. The summed E-state index contributed by atoms with van der Waals surface area (Å²) < 4.78 is 0. The van der Waals surface area contributed by atoms with Gasteiger partial charge in [0.2, 0.25) is 0 Å². The first-order valence-electron chi connectivity index (χ1n) is 4.21. The molecule has 1 rings (SSSR count). The minimum absolute atomic E-state index is 0.0807. The van der Waals surface area contributed by atoms with Crippen LogP contribution in [-0.4, -0.2) is 41.7 Å². The Morgan fingerprint density at radius 3 is 2.92 bits per heavy atom. The van der Waals surface area contributed by atoms with Gasteiger partial charge in [-0.25, -0.2) is 0 Å². The Kier molecular flexibility index (Phi) is 2.69. The Labute approximate surface area is 72.3 Å². The van der Waals surface area contributed by atoms with Gasteiger partial charge in [0.25, 0.3) is 0 Å². The molecule has 0 spiro atoms. The minimum atomic E-state index is -0.798. The number of piperidine rings is 1. The third-order valence-electron chi connectivity index (χ3n) is 2.30. The molecule has 1 heterocycles. The van der Waals surface area contributed by atoms with E-state index in [4.69, 9.17) is 10.8 Å². The predicted octanol–water partition coefficient (Wildman–Crippen LogP) is -0.116. The average molecular weight is 172 g/mol. The molecule has 0 bridgehead atoms. The van der Waals surface area contributed by atoms with Crippen molar-refractivity contribution in [2.75, 3.05) is 20.1 Å². The third kappa shape index (κ3) is 2.46. The second kappa shape index (κ2) is 3.41. The van der Waals surface area contributed by atoms with E-state index in [1.165, 1.54) is 0 Å². The van der Waals surface area contributed by atoms with Gasteiger partial charge >= 0.3 is 5.97 Å². The van der Waals surface area contributed by atoms with Crippen LogP contribution in [0.5, 0.6) is 0 Å². The first kappa shape index (κ1) is 9.48. The Bertz CT molecular complexity index is 184. The molecule has 0 aromatic rings. The molecule has 0 aromatic heterocycles. The lowest BCUT2D eigenvalue weighted by atomic mass is 9.87. The van der Waals surface area contributed by atoms with Crippen LogP contribution in [0.25, 0.3) is 0 Å². The van der Waals surface area contributed by atoms with Crippen LogP contribution in [0.1, 0.15) is 19.3 Å². The maximum absolute atomic E-state index is 10.5. The van der Waals surface area contributed by atoms with Crippen molar-refractivity contribution in [3.05, 3.63) is 0 Å². The summed E-state index contributed by atoms with van der Waals surface area (Å²) in [7, 11) is 1.97. The average Bonchev–Trinajstić information content (AvgIpc) is 1.82. The van der Waals surface area contributed by atoms with Crippen LogP contribution in [0.3, 0.4) is 0 Å². The summed E-state index contributed by atoms with van der Waals surface area (Å²) in [5.41, 5.74) is 5.43. The van der Waals surface area contributed by atoms with Crippen LogP contribution in [0.15, 0.2) is 0 Å². The number of hydrogen-bond acceptors (Lipinski definition) is 3. The zero-order valence-electron chi connectivity index (χ0n) is 7.42. The van der Waals surface area contributed by atoms with Crippen LogP contribution in [0.4, 0.5) is 0 Å². The fourth-order valence-corrected chi connectivity index (χ4v) is 1.84. The SMILES string of the molecule is CN1CCC[C@](N)(CC(=O)O)C1. The lowest BCUT2D eigenvalue weighted by Gasteiger charge is -2.37. The lowest BCUT2D eigenvalue weighted by Crippen LogP contribution is -2.54. The van der Waals surface area contributed by atoms with Gasteiger partial charge in [0, 0.05) is 12.1 Å². The van der Waals surface area contributed by atoms with Crippen LogP contribution in [0.2, 0.25) is 0 Å². The van der Waals surface area contributed by atoms with E-state index in [1.54, 1.807) is 0 Å². The lowest BCUT2D eigenvalue weighted by molar-refractivity contribution is -0.138. The molecule has 0 aliphatic carbocycles. The highest BCUT2D eigenvalue weighted by atomic mass is 16.4. The van der Waals surface area contributed by atoms with Gasteiger partial charge in [0.05, 0.1) is 6.42 Å². The number of likely N-dealkylation sites (N-methyl/N-ethyl adjacent to an activating group) is 1. The van der Waals surface area contributed by atoms with Gasteiger partial charge in [0.1, 0.15) is 0 Å². The molecular formula is C8H16N2O2. The topological polar surface area (TPSA) is 66.6 Å². The molecule has 4 nitrogen and oxygen atoms in total. The number of likely N-dealkylation sites (tertiary alicyclic amines) is 1. The van der Waals surface area contributed by atoms with E-state index in [2.05, 4.69) is 4.90 Å². The molecule has 1 fully saturated rings. The summed E-state index contributed by atoms with van der Waals surface area (Å²) in [6, 6.07) is 0. The summed E-state index contributed by atoms with van der Waals surface area (Å²) in [6.45, 7) is 1.72. The fraction of sp³-hybridized carbons (Fsp3) is 0.875. The van der Waals surface area contributed by atoms with E-state index in [0.717, 1.165) is 19.4 Å². The largest absolute Gasteiger partial charge is 0.481 e. The van der Waals surface area contributed by atoms with Crippen LogP contribution in [-0.2, 0) is 4.79 Å². The van der Waals surface area contributed by atoms with Crippen molar-refractivity contribution >= 4 is 5.97 Å². The zero-order valence-corrected chi connectivity index (χ0v) is 7.42. The Morgan fingerprint density at radius 2 is 2.42 bits per heavy atom. The number of carbonyl (C=O) groups is 1. The molecule has 1 aliphatic rings. The summed E-state index contributed by atoms with van der Waals surface area (Å²) >= 11 is 0. The smallest absolute Gasteiger partial charge is 0.305 e. The number of carboxylic acid groups (broad SMARTS) is 1. The Hall–Kier alpha value is -0.610. The number of hydrogen-bond donors (Lipinski definition) is 2. The number of nitrogens with two attached hydrogens (primary N) is 1. The van der Waals surface area contributed by atoms with Gasteiger partial charge in [-0.05, 0) is 26.4 Å². The number of aliphatic carboxylic acids is 1. The molecule has 1 saturated heterocycles. The maximum Gasteiger partial charge on any atom is 0.305 e. The standard InChI is InChI=1S/C8H16N2O2/c1-10-4-2-3-8(9,6-10)5-7(11)12/h2-6,9H2,1H3,(H,11,12)/t8-/m0/s1. The molecule has 0 saturated carbocycles. The second-order valence-electron chi connectivity index (χ2n) is 3.77. The van der Waals surface area contributed by atoms with Gasteiger partial charge in [-0.2, -0.15) is 0 Å². The van der Waals surface area contributed by atoms with Crippen molar-refractivity contribution in [2.24, 2.45) is 5.73 Å². The summed E-state index contributed by atoms with van der Waals surface area (Å²) in [6.07, 6.45) is 1.90. The van der Waals surface area contributed by atoms with Crippen LogP contribution < -0.4 is 5.73 Å². The van der Waals surface area contributed by atoms with Crippen LogP contribution in [0, 0.1) is 0 Å². The van der Waals surface area contributed by atoms with Gasteiger partial charge in [0.15, 0.2) is 0 Å². The van der Waals surface area contributed by atoms with Gasteiger partial charge in [-0.15, -0.1) is 0 Å². The van der Waals surface area contributed by atoms with E-state index in [-0.39, 0.29) is 6.42 Å². The van der Waals surface area contributed by atoms with Crippen molar-refractivity contribution < 1.29 is 9.90 Å².